The van der Waals surface area contributed by atoms with Crippen LogP contribution in [0.5, 0.6) is 17.2 Å². The highest BCUT2D eigenvalue weighted by Gasteiger charge is 2.10. The zero-order valence-electron chi connectivity index (χ0n) is 7.70. The van der Waals surface area contributed by atoms with Gasteiger partial charge in [-0.25, -0.2) is 0 Å². The molecule has 14 heavy (non-hydrogen) atoms. The lowest BCUT2D eigenvalue weighted by atomic mass is 10.3. The van der Waals surface area contributed by atoms with Gasteiger partial charge < -0.3 is 14.2 Å². The van der Waals surface area contributed by atoms with Gasteiger partial charge in [-0.05, 0) is 0 Å². The summed E-state index contributed by atoms with van der Waals surface area (Å²) in [7, 11) is 2.94. The lowest BCUT2D eigenvalue weighted by Gasteiger charge is -2.08. The van der Waals surface area contributed by atoms with Crippen molar-refractivity contribution in [3.63, 3.8) is 0 Å². The molecule has 0 spiro atoms. The van der Waals surface area contributed by atoms with Gasteiger partial charge in [-0.15, -0.1) is 5.26 Å². The van der Waals surface area contributed by atoms with Crippen molar-refractivity contribution in [2.24, 2.45) is 0 Å². The van der Waals surface area contributed by atoms with Crippen molar-refractivity contribution >= 4 is 11.6 Å². The van der Waals surface area contributed by atoms with Gasteiger partial charge in [0.15, 0.2) is 11.5 Å². The Morgan fingerprint density at radius 3 is 2.29 bits per heavy atom. The van der Waals surface area contributed by atoms with Crippen LogP contribution in [0.1, 0.15) is 0 Å². The fourth-order valence-corrected chi connectivity index (χ4v) is 1.19. The molecule has 0 radical (unpaired) electrons. The first-order chi connectivity index (χ1) is 6.72. The van der Waals surface area contributed by atoms with Crippen molar-refractivity contribution in [2.45, 2.75) is 0 Å². The summed E-state index contributed by atoms with van der Waals surface area (Å²) in [4.78, 5) is 0. The topological polar surface area (TPSA) is 51.5 Å². The summed E-state index contributed by atoms with van der Waals surface area (Å²) in [5, 5.41) is 8.77. The summed E-state index contributed by atoms with van der Waals surface area (Å²) < 4.78 is 14.6. The van der Waals surface area contributed by atoms with Crippen LogP contribution in [-0.2, 0) is 0 Å². The fourth-order valence-electron chi connectivity index (χ4n) is 0.961. The van der Waals surface area contributed by atoms with Crippen LogP contribution in [0.2, 0.25) is 5.02 Å². The molecule has 0 heterocycles. The molecule has 0 N–H and O–H groups in total. The highest BCUT2D eigenvalue weighted by molar-refractivity contribution is 6.32. The lowest BCUT2D eigenvalue weighted by Crippen LogP contribution is -1.92. The molecule has 1 rings (SSSR count). The average molecular weight is 214 g/mol. The third-order valence-corrected chi connectivity index (χ3v) is 1.89. The van der Waals surface area contributed by atoms with Crippen LogP contribution in [0.25, 0.3) is 0 Å². The van der Waals surface area contributed by atoms with Crippen molar-refractivity contribution in [3.05, 3.63) is 17.2 Å². The first-order valence-electron chi connectivity index (χ1n) is 3.70. The van der Waals surface area contributed by atoms with Crippen LogP contribution in [0.15, 0.2) is 12.1 Å². The van der Waals surface area contributed by atoms with E-state index < -0.39 is 0 Å². The zero-order valence-corrected chi connectivity index (χ0v) is 8.46. The molecular weight excluding hydrogens is 206 g/mol. The van der Waals surface area contributed by atoms with Gasteiger partial charge in [0, 0.05) is 12.1 Å². The Hall–Kier alpha value is -1.60. The second-order valence-electron chi connectivity index (χ2n) is 2.33. The molecule has 74 valence electrons. The van der Waals surface area contributed by atoms with Gasteiger partial charge >= 0.3 is 0 Å². The number of rotatable bonds is 3. The molecule has 0 aliphatic heterocycles. The molecule has 0 saturated heterocycles. The molecule has 0 bridgehead atoms. The number of methoxy groups -OCH3 is 2. The van der Waals surface area contributed by atoms with Crippen molar-refractivity contribution in [1.82, 2.24) is 0 Å². The Kier molecular flexibility index (Phi) is 3.43. The minimum atomic E-state index is 0.274. The molecule has 5 heteroatoms. The van der Waals surface area contributed by atoms with E-state index >= 15 is 0 Å². The quantitative estimate of drug-likeness (QED) is 0.723. The second kappa shape index (κ2) is 4.58. The Bertz CT molecular complexity index is 373. The van der Waals surface area contributed by atoms with E-state index in [1.54, 1.807) is 6.26 Å². The standard InChI is InChI=1S/C9H8ClNO3/c1-12-7-4-9(14-5-11)8(13-2)3-6(7)10/h3-4H,1-2H3. The summed E-state index contributed by atoms with van der Waals surface area (Å²) >= 11 is 5.84. The minimum Gasteiger partial charge on any atom is -0.495 e. The van der Waals surface area contributed by atoms with Crippen molar-refractivity contribution < 1.29 is 14.2 Å². The van der Waals surface area contributed by atoms with Crippen LogP contribution in [0.4, 0.5) is 0 Å². The van der Waals surface area contributed by atoms with Crippen molar-refractivity contribution in [1.29, 1.82) is 5.26 Å². The van der Waals surface area contributed by atoms with Gasteiger partial charge in [0.25, 0.3) is 6.26 Å². The predicted octanol–water partition coefficient (Wildman–Crippen LogP) is 2.22. The molecule has 0 aliphatic rings. The van der Waals surface area contributed by atoms with Crippen LogP contribution in [0.3, 0.4) is 0 Å². The molecular formula is C9H8ClNO3. The molecule has 1 aromatic carbocycles. The highest BCUT2D eigenvalue weighted by atomic mass is 35.5. The number of ether oxygens (including phenoxy) is 3. The molecule has 0 unspecified atom stereocenters. The number of benzene rings is 1. The predicted molar refractivity (Wildman–Crippen MR) is 50.8 cm³/mol. The van der Waals surface area contributed by atoms with E-state index in [2.05, 4.69) is 4.74 Å². The molecule has 0 aliphatic carbocycles. The highest BCUT2D eigenvalue weighted by Crippen LogP contribution is 2.37. The summed E-state index contributed by atoms with van der Waals surface area (Å²) in [6.07, 6.45) is 1.55. The van der Waals surface area contributed by atoms with Gasteiger partial charge in [0.2, 0.25) is 0 Å². The van der Waals surface area contributed by atoms with Gasteiger partial charge in [-0.1, -0.05) is 11.6 Å². The van der Waals surface area contributed by atoms with Crippen LogP contribution in [-0.4, -0.2) is 14.2 Å². The Labute approximate surface area is 86.6 Å². The summed E-state index contributed by atoms with van der Waals surface area (Å²) in [5.41, 5.74) is 0. The molecule has 0 amide bonds. The smallest absolute Gasteiger partial charge is 0.292 e. The Morgan fingerprint density at radius 2 is 1.79 bits per heavy atom. The summed E-state index contributed by atoms with van der Waals surface area (Å²) in [6.45, 7) is 0. The van der Waals surface area contributed by atoms with E-state index in [9.17, 15) is 0 Å². The van der Waals surface area contributed by atoms with E-state index in [0.29, 0.717) is 16.5 Å². The second-order valence-corrected chi connectivity index (χ2v) is 2.74. The van der Waals surface area contributed by atoms with E-state index in [4.69, 9.17) is 26.3 Å². The number of hydrogen-bond acceptors (Lipinski definition) is 4. The Balaban J connectivity index is 3.19. The molecule has 0 saturated carbocycles. The summed E-state index contributed by atoms with van der Waals surface area (Å²) in [6, 6.07) is 3.01. The number of nitrogens with zero attached hydrogens (tertiary/aromatic N) is 1. The molecule has 1 aromatic rings. The fraction of sp³-hybridized carbons (Fsp3) is 0.222. The van der Waals surface area contributed by atoms with Crippen molar-refractivity contribution in [3.8, 4) is 23.5 Å². The van der Waals surface area contributed by atoms with Crippen LogP contribution < -0.4 is 14.2 Å². The number of nitriles is 1. The van der Waals surface area contributed by atoms with Crippen LogP contribution in [0, 0.1) is 11.5 Å². The maximum Gasteiger partial charge on any atom is 0.292 e. The van der Waals surface area contributed by atoms with Crippen LogP contribution >= 0.6 is 11.6 Å². The molecule has 4 nitrogen and oxygen atoms in total. The maximum atomic E-state index is 8.37. The largest absolute Gasteiger partial charge is 0.495 e. The first-order valence-corrected chi connectivity index (χ1v) is 4.08. The number of halogens is 1. The van der Waals surface area contributed by atoms with Gasteiger partial charge in [0.05, 0.1) is 19.2 Å². The van der Waals surface area contributed by atoms with Gasteiger partial charge in [0.1, 0.15) is 5.75 Å². The molecule has 0 fully saturated rings. The maximum absolute atomic E-state index is 8.37. The lowest BCUT2D eigenvalue weighted by molar-refractivity contribution is 0.376. The van der Waals surface area contributed by atoms with Crippen molar-refractivity contribution in [2.75, 3.05) is 14.2 Å². The summed E-state index contributed by atoms with van der Waals surface area (Å²) in [5.74, 6) is 1.09. The van der Waals surface area contributed by atoms with Gasteiger partial charge in [-0.2, -0.15) is 0 Å². The third kappa shape index (κ3) is 2.01. The Morgan fingerprint density at radius 1 is 1.14 bits per heavy atom. The van der Waals surface area contributed by atoms with E-state index in [0.717, 1.165) is 0 Å². The zero-order chi connectivity index (χ0) is 10.6. The van der Waals surface area contributed by atoms with E-state index in [1.807, 2.05) is 0 Å². The third-order valence-electron chi connectivity index (χ3n) is 1.59. The number of hydrogen-bond donors (Lipinski definition) is 0. The average Bonchev–Trinajstić information content (AvgIpc) is 2.20. The van der Waals surface area contributed by atoms with E-state index in [-0.39, 0.29) is 5.75 Å². The van der Waals surface area contributed by atoms with Gasteiger partial charge in [-0.3, -0.25) is 0 Å². The molecule has 0 aromatic heterocycles. The SMILES string of the molecule is COc1cc(OC#N)c(OC)cc1Cl. The minimum absolute atomic E-state index is 0.274. The molecule has 0 atom stereocenters. The van der Waals surface area contributed by atoms with E-state index in [1.165, 1.54) is 26.4 Å². The monoisotopic (exact) mass is 213 g/mol. The normalized spacial score (nSPS) is 9.00. The first kappa shape index (κ1) is 10.5.